The lowest BCUT2D eigenvalue weighted by Gasteiger charge is -2.21. The number of methoxy groups -OCH3 is 1. The van der Waals surface area contributed by atoms with Gasteiger partial charge in [0, 0.05) is 5.56 Å². The van der Waals surface area contributed by atoms with Crippen LogP contribution in [0.15, 0.2) is 54.6 Å². The van der Waals surface area contributed by atoms with E-state index in [-0.39, 0.29) is 5.78 Å². The van der Waals surface area contributed by atoms with E-state index in [1.807, 2.05) is 42.5 Å². The number of allylic oxidation sites excluding steroid dienone is 1. The average molecular weight is 320 g/mol. The van der Waals surface area contributed by atoms with Crippen molar-refractivity contribution in [1.29, 1.82) is 0 Å². The van der Waals surface area contributed by atoms with Crippen LogP contribution >= 0.6 is 0 Å². The second-order valence-corrected chi connectivity index (χ2v) is 6.43. The third kappa shape index (κ3) is 4.14. The second-order valence-electron chi connectivity index (χ2n) is 6.43. The molecular formula is C22H24O2. The first-order chi connectivity index (χ1) is 11.8. The lowest BCUT2D eigenvalue weighted by Crippen LogP contribution is -2.05. The van der Waals surface area contributed by atoms with Crippen LogP contribution in [0.1, 0.15) is 59.5 Å². The molecule has 0 amide bonds. The van der Waals surface area contributed by atoms with Crippen molar-refractivity contribution >= 4 is 11.9 Å². The highest BCUT2D eigenvalue weighted by Gasteiger charge is 2.15. The van der Waals surface area contributed by atoms with Crippen LogP contribution in [0.25, 0.3) is 6.08 Å². The Morgan fingerprint density at radius 3 is 2.50 bits per heavy atom. The van der Waals surface area contributed by atoms with E-state index in [2.05, 4.69) is 12.1 Å². The smallest absolute Gasteiger partial charge is 0.185 e. The maximum atomic E-state index is 12.3. The predicted octanol–water partition coefficient (Wildman–Crippen LogP) is 5.64. The fraction of sp³-hybridized carbons (Fsp3) is 0.318. The van der Waals surface area contributed by atoms with E-state index in [9.17, 15) is 4.79 Å². The highest BCUT2D eigenvalue weighted by atomic mass is 16.5. The molecule has 0 aliphatic heterocycles. The van der Waals surface area contributed by atoms with Crippen LogP contribution in [0.5, 0.6) is 5.75 Å². The maximum absolute atomic E-state index is 12.3. The van der Waals surface area contributed by atoms with Crippen molar-refractivity contribution in [3.05, 3.63) is 71.3 Å². The molecule has 2 aromatic carbocycles. The van der Waals surface area contributed by atoms with Gasteiger partial charge in [-0.25, -0.2) is 0 Å². The SMILES string of the molecule is COc1cccc(/C=C/C(=O)c2ccc(C3CCCCC3)cc2)c1. The molecule has 1 aliphatic carbocycles. The second kappa shape index (κ2) is 7.96. The Morgan fingerprint density at radius 1 is 1.04 bits per heavy atom. The lowest BCUT2D eigenvalue weighted by atomic mass is 9.84. The van der Waals surface area contributed by atoms with Gasteiger partial charge in [-0.2, -0.15) is 0 Å². The van der Waals surface area contributed by atoms with Gasteiger partial charge in [-0.3, -0.25) is 4.79 Å². The Morgan fingerprint density at radius 2 is 1.79 bits per heavy atom. The van der Waals surface area contributed by atoms with Crippen LogP contribution in [0.4, 0.5) is 0 Å². The summed E-state index contributed by atoms with van der Waals surface area (Å²) in [5.74, 6) is 1.50. The monoisotopic (exact) mass is 320 g/mol. The third-order valence-corrected chi connectivity index (χ3v) is 4.79. The van der Waals surface area contributed by atoms with Gasteiger partial charge in [0.1, 0.15) is 5.75 Å². The standard InChI is InChI=1S/C22H24O2/c1-24-21-9-5-6-17(16-21)10-15-22(23)20-13-11-19(12-14-20)18-7-3-2-4-8-18/h5-6,9-16,18H,2-4,7-8H2,1H3/b15-10+. The zero-order valence-electron chi connectivity index (χ0n) is 14.2. The normalized spacial score (nSPS) is 15.5. The Bertz CT molecular complexity index is 707. The molecule has 1 aliphatic rings. The molecule has 24 heavy (non-hydrogen) atoms. The summed E-state index contributed by atoms with van der Waals surface area (Å²) < 4.78 is 5.20. The summed E-state index contributed by atoms with van der Waals surface area (Å²) in [4.78, 5) is 12.3. The van der Waals surface area contributed by atoms with Gasteiger partial charge in [-0.1, -0.05) is 61.7 Å². The molecule has 0 unspecified atom stereocenters. The van der Waals surface area contributed by atoms with Gasteiger partial charge >= 0.3 is 0 Å². The Kier molecular flexibility index (Phi) is 5.47. The molecule has 2 heteroatoms. The van der Waals surface area contributed by atoms with E-state index in [4.69, 9.17) is 4.74 Å². The molecule has 1 saturated carbocycles. The Hall–Kier alpha value is -2.35. The first-order valence-electron chi connectivity index (χ1n) is 8.73. The van der Waals surface area contributed by atoms with E-state index in [0.717, 1.165) is 16.9 Å². The van der Waals surface area contributed by atoms with Gasteiger partial charge in [0.2, 0.25) is 0 Å². The first kappa shape index (κ1) is 16.5. The predicted molar refractivity (Wildman–Crippen MR) is 98.6 cm³/mol. The summed E-state index contributed by atoms with van der Waals surface area (Å²) in [7, 11) is 1.64. The van der Waals surface area contributed by atoms with Crippen molar-refractivity contribution in [2.75, 3.05) is 7.11 Å². The van der Waals surface area contributed by atoms with E-state index in [1.165, 1.54) is 37.7 Å². The minimum Gasteiger partial charge on any atom is -0.497 e. The lowest BCUT2D eigenvalue weighted by molar-refractivity contribution is 0.104. The fourth-order valence-corrected chi connectivity index (χ4v) is 3.37. The van der Waals surface area contributed by atoms with Gasteiger partial charge in [0.05, 0.1) is 7.11 Å². The van der Waals surface area contributed by atoms with Crippen LogP contribution in [-0.4, -0.2) is 12.9 Å². The van der Waals surface area contributed by atoms with Crippen LogP contribution in [0.3, 0.4) is 0 Å². The van der Waals surface area contributed by atoms with Gasteiger partial charge in [0.25, 0.3) is 0 Å². The van der Waals surface area contributed by atoms with E-state index in [1.54, 1.807) is 13.2 Å². The zero-order valence-corrected chi connectivity index (χ0v) is 14.2. The molecule has 3 rings (SSSR count). The van der Waals surface area contributed by atoms with E-state index < -0.39 is 0 Å². The number of rotatable bonds is 5. The molecule has 0 bridgehead atoms. The van der Waals surface area contributed by atoms with Crippen molar-refractivity contribution in [2.45, 2.75) is 38.0 Å². The molecule has 0 atom stereocenters. The molecule has 0 spiro atoms. The van der Waals surface area contributed by atoms with Crippen molar-refractivity contribution in [2.24, 2.45) is 0 Å². The molecule has 124 valence electrons. The van der Waals surface area contributed by atoms with Crippen molar-refractivity contribution < 1.29 is 9.53 Å². The Balaban J connectivity index is 1.67. The maximum Gasteiger partial charge on any atom is 0.185 e. The number of hydrogen-bond acceptors (Lipinski definition) is 2. The number of benzene rings is 2. The number of ketones is 1. The quantitative estimate of drug-likeness (QED) is 0.526. The number of ether oxygens (including phenoxy) is 1. The average Bonchev–Trinajstić information content (AvgIpc) is 2.67. The third-order valence-electron chi connectivity index (χ3n) is 4.79. The summed E-state index contributed by atoms with van der Waals surface area (Å²) in [6, 6.07) is 15.9. The minimum atomic E-state index is 0.0352. The van der Waals surface area contributed by atoms with Crippen LogP contribution < -0.4 is 4.74 Å². The van der Waals surface area contributed by atoms with Crippen molar-refractivity contribution in [1.82, 2.24) is 0 Å². The largest absolute Gasteiger partial charge is 0.497 e. The summed E-state index contributed by atoms with van der Waals surface area (Å²) in [6.07, 6.45) is 10.0. The number of hydrogen-bond donors (Lipinski definition) is 0. The van der Waals surface area contributed by atoms with E-state index in [0.29, 0.717) is 5.92 Å². The summed E-state index contributed by atoms with van der Waals surface area (Å²) in [5, 5.41) is 0. The van der Waals surface area contributed by atoms with Gasteiger partial charge in [0.15, 0.2) is 5.78 Å². The minimum absolute atomic E-state index is 0.0352. The van der Waals surface area contributed by atoms with Gasteiger partial charge in [-0.15, -0.1) is 0 Å². The molecular weight excluding hydrogens is 296 g/mol. The van der Waals surface area contributed by atoms with E-state index >= 15 is 0 Å². The zero-order chi connectivity index (χ0) is 16.8. The fourth-order valence-electron chi connectivity index (χ4n) is 3.37. The highest BCUT2D eigenvalue weighted by Crippen LogP contribution is 2.32. The van der Waals surface area contributed by atoms with Gasteiger partial charge < -0.3 is 4.74 Å². The van der Waals surface area contributed by atoms with Crippen LogP contribution in [-0.2, 0) is 0 Å². The van der Waals surface area contributed by atoms with Crippen molar-refractivity contribution in [3.63, 3.8) is 0 Å². The van der Waals surface area contributed by atoms with Crippen LogP contribution in [0.2, 0.25) is 0 Å². The summed E-state index contributed by atoms with van der Waals surface area (Å²) >= 11 is 0. The van der Waals surface area contributed by atoms with Gasteiger partial charge in [-0.05, 0) is 48.1 Å². The molecule has 0 heterocycles. The molecule has 2 nitrogen and oxygen atoms in total. The molecule has 0 N–H and O–H groups in total. The van der Waals surface area contributed by atoms with Crippen molar-refractivity contribution in [3.8, 4) is 5.75 Å². The molecule has 1 fully saturated rings. The first-order valence-corrected chi connectivity index (χ1v) is 8.73. The highest BCUT2D eigenvalue weighted by molar-refractivity contribution is 6.06. The molecule has 2 aromatic rings. The molecule has 0 aromatic heterocycles. The Labute approximate surface area is 144 Å². The molecule has 0 radical (unpaired) electrons. The summed E-state index contributed by atoms with van der Waals surface area (Å²) in [5.41, 5.74) is 3.08. The summed E-state index contributed by atoms with van der Waals surface area (Å²) in [6.45, 7) is 0. The van der Waals surface area contributed by atoms with Crippen LogP contribution in [0, 0.1) is 0 Å². The number of carbonyl (C=O) groups is 1. The topological polar surface area (TPSA) is 26.3 Å². The molecule has 0 saturated heterocycles. The number of carbonyl (C=O) groups excluding carboxylic acids is 1.